The van der Waals surface area contributed by atoms with Crippen molar-refractivity contribution in [1.82, 2.24) is 4.31 Å². The number of alkyl halides is 3. The van der Waals surface area contributed by atoms with Crippen LogP contribution in [-0.2, 0) is 14.8 Å². The highest BCUT2D eigenvalue weighted by molar-refractivity contribution is 7.90. The Kier molecular flexibility index (Phi) is 7.15. The Labute approximate surface area is 124 Å². The second-order valence-electron chi connectivity index (χ2n) is 5.13. The first kappa shape index (κ1) is 18.4. The van der Waals surface area contributed by atoms with Crippen molar-refractivity contribution < 1.29 is 26.3 Å². The lowest BCUT2D eigenvalue weighted by Gasteiger charge is -2.22. The third kappa shape index (κ3) is 5.60. The van der Waals surface area contributed by atoms with E-state index >= 15 is 0 Å². The van der Waals surface area contributed by atoms with Crippen LogP contribution in [0.3, 0.4) is 0 Å². The predicted molar refractivity (Wildman–Crippen MR) is 74.1 cm³/mol. The summed E-state index contributed by atoms with van der Waals surface area (Å²) in [5.41, 5.74) is -5.28. The molecule has 0 aromatic carbocycles. The van der Waals surface area contributed by atoms with E-state index in [0.717, 1.165) is 25.7 Å². The molecule has 0 radical (unpaired) electrons. The van der Waals surface area contributed by atoms with E-state index in [2.05, 4.69) is 4.74 Å². The van der Waals surface area contributed by atoms with Gasteiger partial charge in [0.25, 0.3) is 0 Å². The Bertz CT molecular complexity index is 428. The molecular formula is C13H22F3NO3S. The number of sulfonamides is 1. The summed E-state index contributed by atoms with van der Waals surface area (Å²) in [5.74, 6) is 0.344. The van der Waals surface area contributed by atoms with E-state index in [9.17, 15) is 21.6 Å². The topological polar surface area (TPSA) is 46.6 Å². The Balaban J connectivity index is 2.67. The summed E-state index contributed by atoms with van der Waals surface area (Å²) in [4.78, 5) is 0. The van der Waals surface area contributed by atoms with Crippen molar-refractivity contribution in [1.29, 1.82) is 0 Å². The predicted octanol–water partition coefficient (Wildman–Crippen LogP) is 2.92. The van der Waals surface area contributed by atoms with Crippen LogP contribution in [-0.4, -0.2) is 45.0 Å². The lowest BCUT2D eigenvalue weighted by Crippen LogP contribution is -2.42. The number of hydrogen-bond acceptors (Lipinski definition) is 3. The van der Waals surface area contributed by atoms with Gasteiger partial charge in [0.2, 0.25) is 0 Å². The first-order chi connectivity index (χ1) is 9.79. The van der Waals surface area contributed by atoms with Gasteiger partial charge in [0.15, 0.2) is 0 Å². The summed E-state index contributed by atoms with van der Waals surface area (Å²) >= 11 is 0. The molecular weight excluding hydrogens is 307 g/mol. The largest absolute Gasteiger partial charge is 0.511 e. The number of nitrogens with zero attached hydrogens (tertiary/aromatic N) is 1. The van der Waals surface area contributed by atoms with Crippen molar-refractivity contribution in [2.75, 3.05) is 26.8 Å². The number of hydrogen-bond donors (Lipinski definition) is 0. The van der Waals surface area contributed by atoms with E-state index in [1.165, 1.54) is 19.6 Å². The molecule has 0 atom stereocenters. The first-order valence-electron chi connectivity index (χ1n) is 7.01. The molecule has 0 heterocycles. The van der Waals surface area contributed by atoms with Gasteiger partial charge in [-0.25, -0.2) is 8.42 Å². The van der Waals surface area contributed by atoms with Crippen molar-refractivity contribution in [2.24, 2.45) is 5.92 Å². The summed E-state index contributed by atoms with van der Waals surface area (Å²) in [6, 6.07) is 0. The number of rotatable bonds is 7. The van der Waals surface area contributed by atoms with Crippen LogP contribution in [0.25, 0.3) is 0 Å². The first-order valence-corrected chi connectivity index (χ1v) is 8.45. The fourth-order valence-electron chi connectivity index (χ4n) is 2.35. The van der Waals surface area contributed by atoms with Gasteiger partial charge in [-0.1, -0.05) is 31.4 Å². The fraction of sp³-hybridized carbons (Fsp3) is 0.846. The molecule has 0 aliphatic heterocycles. The molecule has 124 valence electrons. The molecule has 1 fully saturated rings. The molecule has 0 N–H and O–H groups in total. The van der Waals surface area contributed by atoms with Crippen LogP contribution in [0.2, 0.25) is 0 Å². The molecule has 21 heavy (non-hydrogen) atoms. The van der Waals surface area contributed by atoms with Gasteiger partial charge in [-0.3, -0.25) is 0 Å². The summed E-state index contributed by atoms with van der Waals surface area (Å²) < 4.78 is 65.8. The third-order valence-electron chi connectivity index (χ3n) is 3.54. The maximum atomic E-state index is 12.6. The van der Waals surface area contributed by atoms with Crippen LogP contribution < -0.4 is 0 Å². The lowest BCUT2D eigenvalue weighted by molar-refractivity contribution is -0.0490. The van der Waals surface area contributed by atoms with Crippen LogP contribution in [0.15, 0.2) is 12.2 Å². The van der Waals surface area contributed by atoms with Gasteiger partial charge in [0.1, 0.15) is 0 Å². The van der Waals surface area contributed by atoms with Gasteiger partial charge in [-0.2, -0.15) is 17.5 Å². The molecule has 0 spiro atoms. The van der Waals surface area contributed by atoms with Crippen molar-refractivity contribution in [2.45, 2.75) is 37.6 Å². The molecule has 1 saturated carbocycles. The number of halogens is 3. The summed E-state index contributed by atoms with van der Waals surface area (Å²) in [6.07, 6.45) is 8.81. The molecule has 1 aliphatic rings. The van der Waals surface area contributed by atoms with Crippen molar-refractivity contribution >= 4 is 10.0 Å². The zero-order chi connectivity index (χ0) is 15.9. The van der Waals surface area contributed by atoms with E-state index in [1.54, 1.807) is 0 Å². The minimum atomic E-state index is -5.31. The van der Waals surface area contributed by atoms with Crippen molar-refractivity contribution in [3.05, 3.63) is 12.2 Å². The Morgan fingerprint density at radius 1 is 1.24 bits per heavy atom. The fourth-order valence-corrected chi connectivity index (χ4v) is 3.24. The quantitative estimate of drug-likeness (QED) is 0.675. The van der Waals surface area contributed by atoms with E-state index < -0.39 is 15.5 Å². The molecule has 4 nitrogen and oxygen atoms in total. The normalized spacial score (nSPS) is 18.7. The zero-order valence-corrected chi connectivity index (χ0v) is 12.9. The molecule has 1 rings (SSSR count). The van der Waals surface area contributed by atoms with E-state index in [-0.39, 0.29) is 19.7 Å². The standard InChI is InChI=1S/C13H22F3NO3S/c1-20-11-10-17(21(18,19)13(14,15)16)9-5-8-12-6-3-2-4-7-12/h5,8,12H,2-4,6-7,9-11H2,1H3/b8-5+. The van der Waals surface area contributed by atoms with E-state index in [0.29, 0.717) is 10.2 Å². The highest BCUT2D eigenvalue weighted by atomic mass is 32.2. The maximum absolute atomic E-state index is 12.6. The molecule has 0 aromatic rings. The summed E-state index contributed by atoms with van der Waals surface area (Å²) in [7, 11) is -4.00. The second kappa shape index (κ2) is 8.14. The highest BCUT2D eigenvalue weighted by Gasteiger charge is 2.49. The Morgan fingerprint density at radius 2 is 1.86 bits per heavy atom. The average molecular weight is 329 g/mol. The molecule has 0 saturated heterocycles. The minimum absolute atomic E-state index is 0.0768. The Morgan fingerprint density at radius 3 is 2.38 bits per heavy atom. The van der Waals surface area contributed by atoms with Gasteiger partial charge in [0.05, 0.1) is 6.61 Å². The summed E-state index contributed by atoms with van der Waals surface area (Å²) in [5, 5.41) is 0. The van der Waals surface area contributed by atoms with Crippen molar-refractivity contribution in [3.63, 3.8) is 0 Å². The molecule has 0 bridgehead atoms. The molecule has 0 unspecified atom stereocenters. The van der Waals surface area contributed by atoms with E-state index in [4.69, 9.17) is 0 Å². The van der Waals surface area contributed by atoms with Crippen LogP contribution in [0.1, 0.15) is 32.1 Å². The second-order valence-corrected chi connectivity index (χ2v) is 7.06. The third-order valence-corrected chi connectivity index (χ3v) is 5.14. The van der Waals surface area contributed by atoms with Crippen LogP contribution in [0, 0.1) is 5.92 Å². The number of ether oxygens (including phenoxy) is 1. The average Bonchev–Trinajstić information content (AvgIpc) is 2.42. The molecule has 8 heteroatoms. The lowest BCUT2D eigenvalue weighted by atomic mass is 9.89. The van der Waals surface area contributed by atoms with Crippen LogP contribution in [0.5, 0.6) is 0 Å². The zero-order valence-electron chi connectivity index (χ0n) is 12.1. The van der Waals surface area contributed by atoms with Gasteiger partial charge in [0, 0.05) is 20.2 Å². The van der Waals surface area contributed by atoms with Gasteiger partial charge >= 0.3 is 15.5 Å². The van der Waals surface area contributed by atoms with Crippen molar-refractivity contribution in [3.8, 4) is 0 Å². The molecule has 1 aliphatic carbocycles. The monoisotopic (exact) mass is 329 g/mol. The molecule has 0 aromatic heterocycles. The van der Waals surface area contributed by atoms with Gasteiger partial charge < -0.3 is 4.74 Å². The number of allylic oxidation sites excluding steroid dienone is 1. The van der Waals surface area contributed by atoms with Crippen LogP contribution >= 0.6 is 0 Å². The molecule has 0 amide bonds. The summed E-state index contributed by atoms with van der Waals surface area (Å²) in [6.45, 7) is -0.665. The number of methoxy groups -OCH3 is 1. The van der Waals surface area contributed by atoms with Crippen LogP contribution in [0.4, 0.5) is 13.2 Å². The smallest absolute Gasteiger partial charge is 0.383 e. The SMILES string of the molecule is COCCN(C/C=C/C1CCCCC1)S(=O)(=O)C(F)(F)F. The van der Waals surface area contributed by atoms with E-state index in [1.807, 2.05) is 6.08 Å². The minimum Gasteiger partial charge on any atom is -0.383 e. The van der Waals surface area contributed by atoms with Gasteiger partial charge in [-0.15, -0.1) is 0 Å². The maximum Gasteiger partial charge on any atom is 0.511 e. The van der Waals surface area contributed by atoms with Gasteiger partial charge in [-0.05, 0) is 18.8 Å². The highest BCUT2D eigenvalue weighted by Crippen LogP contribution is 2.27. The Hall–Kier alpha value is -0.600.